The van der Waals surface area contributed by atoms with Gasteiger partial charge in [-0.2, -0.15) is 0 Å². The van der Waals surface area contributed by atoms with Crippen molar-refractivity contribution < 1.29 is 9.90 Å². The van der Waals surface area contributed by atoms with Crippen LogP contribution in [-0.4, -0.2) is 34.6 Å². The minimum atomic E-state index is -0.483. The highest BCUT2D eigenvalue weighted by atomic mass is 16.3. The normalized spacial score (nSPS) is 39.2. The van der Waals surface area contributed by atoms with Crippen LogP contribution < -0.4 is 0 Å². The van der Waals surface area contributed by atoms with Crippen molar-refractivity contribution in [2.45, 2.75) is 65.4 Å². The molecule has 1 heterocycles. The summed E-state index contributed by atoms with van der Waals surface area (Å²) in [5.41, 5.74) is -0.252. The van der Waals surface area contributed by atoms with Crippen LogP contribution in [0.25, 0.3) is 0 Å². The highest BCUT2D eigenvalue weighted by Crippen LogP contribution is 2.69. The summed E-state index contributed by atoms with van der Waals surface area (Å²) < 4.78 is 0. The Morgan fingerprint density at radius 3 is 2.35 bits per heavy atom. The van der Waals surface area contributed by atoms with Crippen LogP contribution in [0.1, 0.15) is 59.8 Å². The molecular weight excluding hydrogens is 250 g/mol. The predicted molar refractivity (Wildman–Crippen MR) is 79.2 cm³/mol. The summed E-state index contributed by atoms with van der Waals surface area (Å²) in [6.45, 7) is 10.3. The Hall–Kier alpha value is -0.570. The molecule has 0 aromatic carbocycles. The predicted octanol–water partition coefficient (Wildman–Crippen LogP) is 2.82. The van der Waals surface area contributed by atoms with Gasteiger partial charge in [0.25, 0.3) is 0 Å². The summed E-state index contributed by atoms with van der Waals surface area (Å²) in [5, 5.41) is 10.7. The van der Waals surface area contributed by atoms with Gasteiger partial charge in [-0.1, -0.05) is 40.5 Å². The Kier molecular flexibility index (Phi) is 3.03. The van der Waals surface area contributed by atoms with E-state index in [-0.39, 0.29) is 16.7 Å². The second-order valence-electron chi connectivity index (χ2n) is 8.46. The summed E-state index contributed by atoms with van der Waals surface area (Å²) in [5.74, 6) is 0.788. The number of carbonyl (C=O) groups is 1. The molecule has 3 rings (SSSR count). The number of carbonyl (C=O) groups excluding carboxylic acids is 1. The van der Waals surface area contributed by atoms with Gasteiger partial charge in [0.15, 0.2) is 0 Å². The van der Waals surface area contributed by atoms with Crippen molar-refractivity contribution in [2.75, 3.05) is 13.1 Å². The Bertz CT molecular complexity index is 415. The largest absolute Gasteiger partial charge is 0.389 e. The number of piperidine rings is 1. The van der Waals surface area contributed by atoms with E-state index in [0.717, 1.165) is 38.8 Å². The third-order valence-corrected chi connectivity index (χ3v) is 7.01. The van der Waals surface area contributed by atoms with Crippen LogP contribution in [0.2, 0.25) is 0 Å². The van der Waals surface area contributed by atoms with Gasteiger partial charge in [0.2, 0.25) is 5.91 Å². The van der Waals surface area contributed by atoms with Crippen molar-refractivity contribution in [1.82, 2.24) is 4.90 Å². The molecule has 0 bridgehead atoms. The first-order valence-electron chi connectivity index (χ1n) is 8.21. The third kappa shape index (κ3) is 1.85. The minimum Gasteiger partial charge on any atom is -0.389 e. The number of likely N-dealkylation sites (tertiary alicyclic amines) is 1. The molecule has 3 heteroatoms. The van der Waals surface area contributed by atoms with Crippen molar-refractivity contribution >= 4 is 5.91 Å². The van der Waals surface area contributed by atoms with Crippen LogP contribution in [0, 0.1) is 22.7 Å². The van der Waals surface area contributed by atoms with Gasteiger partial charge >= 0.3 is 0 Å². The number of nitrogens with zero attached hydrogens (tertiary/aromatic N) is 1. The number of hydrogen-bond acceptors (Lipinski definition) is 2. The Morgan fingerprint density at radius 2 is 1.75 bits per heavy atom. The van der Waals surface area contributed by atoms with E-state index in [4.69, 9.17) is 0 Å². The van der Waals surface area contributed by atoms with Crippen molar-refractivity contribution in [1.29, 1.82) is 0 Å². The fourth-order valence-electron chi connectivity index (χ4n) is 4.77. The zero-order chi connectivity index (χ0) is 14.8. The SMILES string of the molecule is CC1(C)C(C(=O)N2CCC3(O)CCCCC3C2)C1(C)C. The fourth-order valence-corrected chi connectivity index (χ4v) is 4.77. The highest BCUT2D eigenvalue weighted by Gasteiger charge is 2.69. The van der Waals surface area contributed by atoms with Crippen LogP contribution in [0.3, 0.4) is 0 Å². The average molecular weight is 279 g/mol. The molecular formula is C17H29NO2. The summed E-state index contributed by atoms with van der Waals surface area (Å²) >= 11 is 0. The number of fused-ring (bicyclic) bond motifs is 1. The Balaban J connectivity index is 1.70. The Labute approximate surface area is 122 Å². The molecule has 1 amide bonds. The maximum atomic E-state index is 12.8. The molecule has 3 nitrogen and oxygen atoms in total. The quantitative estimate of drug-likeness (QED) is 0.802. The zero-order valence-corrected chi connectivity index (χ0v) is 13.4. The lowest BCUT2D eigenvalue weighted by atomic mass is 9.71. The second kappa shape index (κ2) is 4.22. The van der Waals surface area contributed by atoms with Crippen molar-refractivity contribution in [3.8, 4) is 0 Å². The molecule has 0 aromatic rings. The molecule has 2 unspecified atom stereocenters. The molecule has 20 heavy (non-hydrogen) atoms. The maximum absolute atomic E-state index is 12.8. The number of amides is 1. The summed E-state index contributed by atoms with van der Waals surface area (Å²) in [4.78, 5) is 14.9. The van der Waals surface area contributed by atoms with E-state index in [1.807, 2.05) is 4.90 Å². The van der Waals surface area contributed by atoms with Gasteiger partial charge in [-0.15, -0.1) is 0 Å². The van der Waals surface area contributed by atoms with Crippen molar-refractivity contribution in [2.24, 2.45) is 22.7 Å². The van der Waals surface area contributed by atoms with Crippen LogP contribution >= 0.6 is 0 Å². The molecule has 1 N–H and O–H groups in total. The Morgan fingerprint density at radius 1 is 1.10 bits per heavy atom. The van der Waals surface area contributed by atoms with Crippen LogP contribution in [0.15, 0.2) is 0 Å². The molecule has 3 aliphatic rings. The second-order valence-corrected chi connectivity index (χ2v) is 8.46. The van der Waals surface area contributed by atoms with E-state index in [1.165, 1.54) is 6.42 Å². The van der Waals surface area contributed by atoms with Gasteiger partial charge in [-0.3, -0.25) is 4.79 Å². The van der Waals surface area contributed by atoms with E-state index in [0.29, 0.717) is 11.8 Å². The smallest absolute Gasteiger partial charge is 0.226 e. The molecule has 0 aromatic heterocycles. The monoisotopic (exact) mass is 279 g/mol. The van der Waals surface area contributed by atoms with Crippen molar-refractivity contribution in [3.05, 3.63) is 0 Å². The van der Waals surface area contributed by atoms with Gasteiger partial charge < -0.3 is 10.0 Å². The molecule has 2 atom stereocenters. The van der Waals surface area contributed by atoms with Crippen LogP contribution in [0.5, 0.6) is 0 Å². The van der Waals surface area contributed by atoms with Gasteiger partial charge in [0, 0.05) is 24.9 Å². The van der Waals surface area contributed by atoms with E-state index in [1.54, 1.807) is 0 Å². The number of aliphatic hydroxyl groups is 1. The van der Waals surface area contributed by atoms with Gasteiger partial charge in [0.1, 0.15) is 0 Å². The van der Waals surface area contributed by atoms with Gasteiger partial charge in [-0.25, -0.2) is 0 Å². The lowest BCUT2D eigenvalue weighted by Crippen LogP contribution is -2.55. The van der Waals surface area contributed by atoms with Crippen LogP contribution in [-0.2, 0) is 4.79 Å². The third-order valence-electron chi connectivity index (χ3n) is 7.01. The summed E-state index contributed by atoms with van der Waals surface area (Å²) in [7, 11) is 0. The molecule has 0 radical (unpaired) electrons. The number of hydrogen-bond donors (Lipinski definition) is 1. The maximum Gasteiger partial charge on any atom is 0.226 e. The fraction of sp³-hybridized carbons (Fsp3) is 0.941. The van der Waals surface area contributed by atoms with E-state index < -0.39 is 5.60 Å². The molecule has 1 aliphatic heterocycles. The van der Waals surface area contributed by atoms with Crippen molar-refractivity contribution in [3.63, 3.8) is 0 Å². The molecule has 114 valence electrons. The number of rotatable bonds is 1. The summed E-state index contributed by atoms with van der Waals surface area (Å²) in [6, 6.07) is 0. The van der Waals surface area contributed by atoms with E-state index >= 15 is 0 Å². The lowest BCUT2D eigenvalue weighted by Gasteiger charge is -2.47. The first kappa shape index (κ1) is 14.4. The van der Waals surface area contributed by atoms with Gasteiger partial charge in [-0.05, 0) is 30.1 Å². The molecule has 3 fully saturated rings. The topological polar surface area (TPSA) is 40.5 Å². The molecule has 0 spiro atoms. The lowest BCUT2D eigenvalue weighted by molar-refractivity contribution is -0.145. The van der Waals surface area contributed by atoms with Crippen LogP contribution in [0.4, 0.5) is 0 Å². The minimum absolute atomic E-state index is 0.115. The summed E-state index contributed by atoms with van der Waals surface area (Å²) in [6.07, 6.45) is 5.13. The van der Waals surface area contributed by atoms with E-state index in [2.05, 4.69) is 27.7 Å². The van der Waals surface area contributed by atoms with Gasteiger partial charge in [0.05, 0.1) is 5.60 Å². The first-order chi connectivity index (χ1) is 9.20. The highest BCUT2D eigenvalue weighted by molar-refractivity contribution is 5.84. The average Bonchev–Trinajstić information content (AvgIpc) is 2.78. The van der Waals surface area contributed by atoms with E-state index in [9.17, 15) is 9.90 Å². The molecule has 2 saturated carbocycles. The molecule has 2 aliphatic carbocycles. The first-order valence-corrected chi connectivity index (χ1v) is 8.21. The molecule has 1 saturated heterocycles. The standard InChI is InChI=1S/C17H29NO2/c1-15(2)13(16(15,3)4)14(19)18-10-9-17(20)8-6-5-7-12(17)11-18/h12-13,20H,5-11H2,1-4H3. The zero-order valence-electron chi connectivity index (χ0n) is 13.4.